The summed E-state index contributed by atoms with van der Waals surface area (Å²) in [5.74, 6) is 1.06. The molecule has 0 saturated carbocycles. The van der Waals surface area contributed by atoms with E-state index in [1.807, 2.05) is 17.0 Å². The van der Waals surface area contributed by atoms with Crippen molar-refractivity contribution in [3.05, 3.63) is 42.0 Å². The van der Waals surface area contributed by atoms with E-state index in [1.165, 1.54) is 5.56 Å². The summed E-state index contributed by atoms with van der Waals surface area (Å²) in [5.41, 5.74) is 2.17. The van der Waals surface area contributed by atoms with Gasteiger partial charge in [0.1, 0.15) is 0 Å². The van der Waals surface area contributed by atoms with Crippen LogP contribution in [0.25, 0.3) is 0 Å². The van der Waals surface area contributed by atoms with Crippen molar-refractivity contribution in [3.63, 3.8) is 0 Å². The Balaban J connectivity index is 0.00000208. The zero-order valence-corrected chi connectivity index (χ0v) is 16.3. The van der Waals surface area contributed by atoms with E-state index >= 15 is 0 Å². The van der Waals surface area contributed by atoms with Gasteiger partial charge in [-0.25, -0.2) is 0 Å². The molecule has 1 aliphatic heterocycles. The fraction of sp³-hybridized carbons (Fsp3) is 0.444. The minimum atomic E-state index is 0. The highest BCUT2D eigenvalue weighted by Gasteiger charge is 2.21. The van der Waals surface area contributed by atoms with Gasteiger partial charge in [-0.1, -0.05) is 24.3 Å². The minimum Gasteiger partial charge on any atom is -0.353 e. The Hall–Kier alpha value is -1.57. The average molecular weight is 440 g/mol. The van der Waals surface area contributed by atoms with Gasteiger partial charge in [-0.15, -0.1) is 24.0 Å². The number of anilines is 1. The summed E-state index contributed by atoms with van der Waals surface area (Å²) in [6.07, 6.45) is 8.13. The van der Waals surface area contributed by atoms with Gasteiger partial charge in [0.15, 0.2) is 5.96 Å². The number of benzene rings is 1. The molecule has 0 radical (unpaired) electrons. The van der Waals surface area contributed by atoms with Crippen LogP contribution >= 0.6 is 24.0 Å². The molecule has 3 rings (SSSR count). The number of carbonyl (C=O) groups is 1. The van der Waals surface area contributed by atoms with E-state index in [0.717, 1.165) is 37.5 Å². The number of guanidine groups is 1. The molecule has 0 aromatic heterocycles. The van der Waals surface area contributed by atoms with E-state index in [-0.39, 0.29) is 29.9 Å². The first-order chi connectivity index (χ1) is 11.3. The molecular weight excluding hydrogens is 415 g/mol. The van der Waals surface area contributed by atoms with Crippen molar-refractivity contribution in [1.82, 2.24) is 10.6 Å². The largest absolute Gasteiger partial charge is 0.353 e. The third-order valence-electron chi connectivity index (χ3n) is 4.35. The van der Waals surface area contributed by atoms with Crippen molar-refractivity contribution in [2.24, 2.45) is 4.99 Å². The summed E-state index contributed by atoms with van der Waals surface area (Å²) in [6.45, 7) is 1.55. The van der Waals surface area contributed by atoms with E-state index in [2.05, 4.69) is 39.9 Å². The van der Waals surface area contributed by atoms with Crippen LogP contribution in [-0.4, -0.2) is 31.5 Å². The zero-order chi connectivity index (χ0) is 16.1. The molecule has 1 fully saturated rings. The van der Waals surface area contributed by atoms with Crippen molar-refractivity contribution in [2.45, 2.75) is 38.3 Å². The smallest absolute Gasteiger partial charge is 0.227 e. The van der Waals surface area contributed by atoms with Gasteiger partial charge >= 0.3 is 0 Å². The molecule has 24 heavy (non-hydrogen) atoms. The zero-order valence-electron chi connectivity index (χ0n) is 14.0. The van der Waals surface area contributed by atoms with E-state index in [0.29, 0.717) is 19.0 Å². The number of halogens is 1. The normalized spacial score (nSPS) is 18.0. The predicted octanol–water partition coefficient (Wildman–Crippen LogP) is 2.82. The Morgan fingerprint density at radius 2 is 1.96 bits per heavy atom. The lowest BCUT2D eigenvalue weighted by atomic mass is 10.2. The molecule has 130 valence electrons. The van der Waals surface area contributed by atoms with Crippen molar-refractivity contribution >= 4 is 41.5 Å². The molecule has 0 bridgehead atoms. The average Bonchev–Trinajstić information content (AvgIpc) is 3.23. The van der Waals surface area contributed by atoms with Crippen LogP contribution in [0.4, 0.5) is 5.69 Å². The number of carbonyl (C=O) groups excluding carboxylic acids is 1. The molecule has 2 N–H and O–H groups in total. The lowest BCUT2D eigenvalue weighted by Crippen LogP contribution is -2.42. The number of rotatable bonds is 4. The Morgan fingerprint density at radius 1 is 1.25 bits per heavy atom. The number of hydrogen-bond donors (Lipinski definition) is 2. The topological polar surface area (TPSA) is 56.7 Å². The van der Waals surface area contributed by atoms with Crippen LogP contribution in [0.3, 0.4) is 0 Å². The summed E-state index contributed by atoms with van der Waals surface area (Å²) in [6, 6.07) is 8.63. The molecule has 5 nitrogen and oxygen atoms in total. The second kappa shape index (κ2) is 9.05. The van der Waals surface area contributed by atoms with Crippen LogP contribution in [0, 0.1) is 0 Å². The Bertz CT molecular complexity index is 604. The molecule has 1 heterocycles. The van der Waals surface area contributed by atoms with Crippen LogP contribution in [0.1, 0.15) is 31.2 Å². The van der Waals surface area contributed by atoms with Crippen LogP contribution < -0.4 is 15.5 Å². The second-order valence-corrected chi connectivity index (χ2v) is 6.03. The molecule has 0 spiro atoms. The summed E-state index contributed by atoms with van der Waals surface area (Å²) < 4.78 is 0. The molecular formula is C18H25IN4O. The third kappa shape index (κ3) is 4.72. The van der Waals surface area contributed by atoms with Crippen molar-refractivity contribution in [2.75, 3.05) is 18.5 Å². The monoisotopic (exact) mass is 440 g/mol. The molecule has 1 amide bonds. The lowest BCUT2D eigenvalue weighted by molar-refractivity contribution is -0.117. The maximum Gasteiger partial charge on any atom is 0.227 e. The lowest BCUT2D eigenvalue weighted by Gasteiger charge is -2.18. The van der Waals surface area contributed by atoms with E-state index < -0.39 is 0 Å². The highest BCUT2D eigenvalue weighted by atomic mass is 127. The van der Waals surface area contributed by atoms with E-state index in [9.17, 15) is 4.79 Å². The third-order valence-corrected chi connectivity index (χ3v) is 4.35. The van der Waals surface area contributed by atoms with Crippen molar-refractivity contribution in [3.8, 4) is 0 Å². The number of amides is 1. The van der Waals surface area contributed by atoms with Gasteiger partial charge in [-0.05, 0) is 37.0 Å². The second-order valence-electron chi connectivity index (χ2n) is 6.03. The first-order valence-corrected chi connectivity index (χ1v) is 8.28. The molecule has 2 aliphatic rings. The minimum absolute atomic E-state index is 0. The van der Waals surface area contributed by atoms with Crippen LogP contribution in [0.2, 0.25) is 0 Å². The van der Waals surface area contributed by atoms with Crippen LogP contribution in [0.5, 0.6) is 0 Å². The number of hydrogen-bond acceptors (Lipinski definition) is 2. The van der Waals surface area contributed by atoms with Crippen LogP contribution in [0.15, 0.2) is 41.4 Å². The molecule has 6 heteroatoms. The molecule has 0 atom stereocenters. The first-order valence-electron chi connectivity index (χ1n) is 8.28. The summed E-state index contributed by atoms with van der Waals surface area (Å²) in [4.78, 5) is 17.9. The van der Waals surface area contributed by atoms with Gasteiger partial charge in [0.05, 0.1) is 0 Å². The van der Waals surface area contributed by atoms with Gasteiger partial charge in [-0.3, -0.25) is 9.79 Å². The van der Waals surface area contributed by atoms with E-state index in [4.69, 9.17) is 0 Å². The molecule has 0 unspecified atom stereocenters. The Morgan fingerprint density at radius 3 is 2.54 bits per heavy atom. The summed E-state index contributed by atoms with van der Waals surface area (Å²) in [5, 5.41) is 6.76. The number of aliphatic imine (C=N–C) groups is 1. The highest BCUT2D eigenvalue weighted by Crippen LogP contribution is 2.21. The molecule has 1 aromatic rings. The quantitative estimate of drug-likeness (QED) is 0.328. The maximum atomic E-state index is 11.8. The Labute approximate surface area is 160 Å². The predicted molar refractivity (Wildman–Crippen MR) is 109 cm³/mol. The standard InChI is InChI=1S/C18H24N4O.HI/c1-19-18(21-15-5-2-3-6-15)20-13-14-8-10-16(11-9-14)22-12-4-7-17(22)23;/h2-3,8-11,15H,4-7,12-13H2,1H3,(H2,19,20,21);1H. The van der Waals surface area contributed by atoms with Gasteiger partial charge in [-0.2, -0.15) is 0 Å². The SMILES string of the molecule is CN=C(NCc1ccc(N2CCCC2=O)cc1)NC1CC=CC1.I. The fourth-order valence-electron chi connectivity index (χ4n) is 3.02. The summed E-state index contributed by atoms with van der Waals surface area (Å²) in [7, 11) is 1.79. The van der Waals surface area contributed by atoms with E-state index in [1.54, 1.807) is 7.05 Å². The molecule has 1 aromatic carbocycles. The maximum absolute atomic E-state index is 11.8. The number of nitrogens with zero attached hydrogens (tertiary/aromatic N) is 2. The Kier molecular flexibility index (Phi) is 7.08. The van der Waals surface area contributed by atoms with Gasteiger partial charge in [0, 0.05) is 38.3 Å². The highest BCUT2D eigenvalue weighted by molar-refractivity contribution is 14.0. The first kappa shape index (κ1) is 18.8. The number of nitrogens with one attached hydrogen (secondary N) is 2. The van der Waals surface area contributed by atoms with Gasteiger partial charge in [0.2, 0.25) is 5.91 Å². The van der Waals surface area contributed by atoms with Crippen LogP contribution in [-0.2, 0) is 11.3 Å². The van der Waals surface area contributed by atoms with Crippen molar-refractivity contribution in [1.29, 1.82) is 0 Å². The van der Waals surface area contributed by atoms with Crippen molar-refractivity contribution < 1.29 is 4.79 Å². The van der Waals surface area contributed by atoms with Gasteiger partial charge < -0.3 is 15.5 Å². The molecule has 1 saturated heterocycles. The fourth-order valence-corrected chi connectivity index (χ4v) is 3.02. The molecule has 1 aliphatic carbocycles. The summed E-state index contributed by atoms with van der Waals surface area (Å²) >= 11 is 0. The van der Waals surface area contributed by atoms with Gasteiger partial charge in [0.25, 0.3) is 0 Å².